The summed E-state index contributed by atoms with van der Waals surface area (Å²) in [5, 5.41) is 6.93. The van der Waals surface area contributed by atoms with Gasteiger partial charge in [0.1, 0.15) is 4.88 Å². The van der Waals surface area contributed by atoms with Crippen LogP contribution in [-0.2, 0) is 5.41 Å². The molecule has 19 heavy (non-hydrogen) atoms. The Morgan fingerprint density at radius 1 is 1.42 bits per heavy atom. The molecule has 5 nitrogen and oxygen atoms in total. The van der Waals surface area contributed by atoms with Crippen LogP contribution in [0.25, 0.3) is 0 Å². The lowest BCUT2D eigenvalue weighted by atomic mass is 9.91. The van der Waals surface area contributed by atoms with E-state index in [2.05, 4.69) is 14.9 Å². The van der Waals surface area contributed by atoms with Crippen molar-refractivity contribution in [3.8, 4) is 0 Å². The molecule has 106 valence electrons. The summed E-state index contributed by atoms with van der Waals surface area (Å²) < 4.78 is 3.87. The van der Waals surface area contributed by atoms with E-state index in [0.29, 0.717) is 16.4 Å². The van der Waals surface area contributed by atoms with Crippen molar-refractivity contribution in [2.45, 2.75) is 45.4 Å². The van der Waals surface area contributed by atoms with E-state index in [9.17, 15) is 4.79 Å². The third-order valence-corrected chi connectivity index (χ3v) is 3.47. The van der Waals surface area contributed by atoms with Gasteiger partial charge in [-0.05, 0) is 30.8 Å². The first-order valence-corrected chi connectivity index (χ1v) is 7.40. The summed E-state index contributed by atoms with van der Waals surface area (Å²) in [5.41, 5.74) is 5.98. The van der Waals surface area contributed by atoms with Crippen LogP contribution < -0.4 is 11.1 Å². The SMILES string of the molecule is CC(C)(C)c1nnsc1C(=O)NCCCCC(N)=S. The molecule has 0 bridgehead atoms. The van der Waals surface area contributed by atoms with Gasteiger partial charge < -0.3 is 11.1 Å². The molecule has 1 heterocycles. The van der Waals surface area contributed by atoms with Gasteiger partial charge in [0.15, 0.2) is 0 Å². The zero-order valence-electron chi connectivity index (χ0n) is 11.5. The minimum Gasteiger partial charge on any atom is -0.393 e. The Morgan fingerprint density at radius 2 is 2.11 bits per heavy atom. The maximum Gasteiger partial charge on any atom is 0.264 e. The van der Waals surface area contributed by atoms with E-state index in [4.69, 9.17) is 18.0 Å². The van der Waals surface area contributed by atoms with Crippen LogP contribution in [0.3, 0.4) is 0 Å². The van der Waals surface area contributed by atoms with Gasteiger partial charge in [-0.2, -0.15) is 0 Å². The van der Waals surface area contributed by atoms with Crippen LogP contribution in [0.4, 0.5) is 0 Å². The first kappa shape index (κ1) is 16.0. The van der Waals surface area contributed by atoms with Crippen LogP contribution in [0.15, 0.2) is 0 Å². The fraction of sp³-hybridized carbons (Fsp3) is 0.667. The minimum atomic E-state index is -0.175. The van der Waals surface area contributed by atoms with E-state index in [1.165, 1.54) is 0 Å². The monoisotopic (exact) mass is 300 g/mol. The summed E-state index contributed by atoms with van der Waals surface area (Å²) in [4.78, 5) is 13.2. The summed E-state index contributed by atoms with van der Waals surface area (Å²) in [6.45, 7) is 6.66. The molecule has 7 heteroatoms. The van der Waals surface area contributed by atoms with Crippen LogP contribution >= 0.6 is 23.8 Å². The number of hydrogen-bond acceptors (Lipinski definition) is 5. The van der Waals surface area contributed by atoms with E-state index >= 15 is 0 Å². The normalized spacial score (nSPS) is 11.3. The van der Waals surface area contributed by atoms with Crippen molar-refractivity contribution in [2.24, 2.45) is 5.73 Å². The number of hydrogen-bond donors (Lipinski definition) is 2. The Hall–Kier alpha value is -1.08. The molecule has 0 unspecified atom stereocenters. The number of rotatable bonds is 6. The fourth-order valence-electron chi connectivity index (χ4n) is 1.54. The molecular formula is C12H20N4OS2. The van der Waals surface area contributed by atoms with Gasteiger partial charge in [0.2, 0.25) is 0 Å². The van der Waals surface area contributed by atoms with Crippen LogP contribution in [-0.4, -0.2) is 27.0 Å². The van der Waals surface area contributed by atoms with Crippen molar-refractivity contribution in [2.75, 3.05) is 6.54 Å². The van der Waals surface area contributed by atoms with Gasteiger partial charge in [-0.25, -0.2) is 0 Å². The summed E-state index contributed by atoms with van der Waals surface area (Å²) >= 11 is 5.93. The first-order valence-electron chi connectivity index (χ1n) is 6.21. The van der Waals surface area contributed by atoms with Gasteiger partial charge >= 0.3 is 0 Å². The predicted molar refractivity (Wildman–Crippen MR) is 81.6 cm³/mol. The molecule has 0 spiro atoms. The van der Waals surface area contributed by atoms with Crippen molar-refractivity contribution < 1.29 is 4.79 Å². The molecule has 0 fully saturated rings. The molecule has 0 aliphatic carbocycles. The number of nitrogens with two attached hydrogens (primary N) is 1. The Balaban J connectivity index is 2.46. The summed E-state index contributed by atoms with van der Waals surface area (Å²) in [6.07, 6.45) is 2.48. The molecule has 3 N–H and O–H groups in total. The highest BCUT2D eigenvalue weighted by Crippen LogP contribution is 2.25. The minimum absolute atomic E-state index is 0.102. The van der Waals surface area contributed by atoms with E-state index in [-0.39, 0.29) is 11.3 Å². The van der Waals surface area contributed by atoms with E-state index in [0.717, 1.165) is 36.5 Å². The number of nitrogens with one attached hydrogen (secondary N) is 1. The molecule has 0 aromatic carbocycles. The second-order valence-electron chi connectivity index (χ2n) is 5.38. The van der Waals surface area contributed by atoms with Crippen LogP contribution in [0.2, 0.25) is 0 Å². The lowest BCUT2D eigenvalue weighted by Gasteiger charge is -2.16. The molecule has 0 atom stereocenters. The number of carbonyl (C=O) groups excluding carboxylic acids is 1. The van der Waals surface area contributed by atoms with E-state index in [1.807, 2.05) is 20.8 Å². The zero-order valence-corrected chi connectivity index (χ0v) is 13.2. The van der Waals surface area contributed by atoms with Crippen molar-refractivity contribution in [1.29, 1.82) is 0 Å². The van der Waals surface area contributed by atoms with Crippen LogP contribution in [0.5, 0.6) is 0 Å². The largest absolute Gasteiger partial charge is 0.393 e. The maximum atomic E-state index is 12.0. The molecule has 0 aliphatic heterocycles. The molecule has 0 saturated heterocycles. The number of amides is 1. The summed E-state index contributed by atoms with van der Waals surface area (Å²) in [7, 11) is 0. The van der Waals surface area contributed by atoms with Gasteiger partial charge in [-0.15, -0.1) is 5.10 Å². The lowest BCUT2D eigenvalue weighted by Crippen LogP contribution is -2.27. The number of nitrogens with zero attached hydrogens (tertiary/aromatic N) is 2. The topological polar surface area (TPSA) is 80.9 Å². The lowest BCUT2D eigenvalue weighted by molar-refractivity contribution is 0.0954. The summed E-state index contributed by atoms with van der Waals surface area (Å²) in [6, 6.07) is 0. The molecule has 1 aromatic rings. The smallest absolute Gasteiger partial charge is 0.264 e. The Morgan fingerprint density at radius 3 is 2.68 bits per heavy atom. The van der Waals surface area contributed by atoms with Gasteiger partial charge in [-0.3, -0.25) is 4.79 Å². The van der Waals surface area contributed by atoms with Crippen molar-refractivity contribution in [1.82, 2.24) is 14.9 Å². The zero-order chi connectivity index (χ0) is 14.5. The molecule has 1 aromatic heterocycles. The quantitative estimate of drug-likeness (QED) is 0.620. The molecule has 1 amide bonds. The molecule has 0 radical (unpaired) electrons. The molecular weight excluding hydrogens is 280 g/mol. The summed E-state index contributed by atoms with van der Waals surface area (Å²) in [5.74, 6) is -0.102. The molecule has 0 aliphatic rings. The standard InChI is InChI=1S/C12H20N4OS2/c1-12(2,3)10-9(19-16-15-10)11(17)14-7-5-4-6-8(13)18/h4-7H2,1-3H3,(H2,13,18)(H,14,17). The number of carbonyl (C=O) groups is 1. The molecule has 1 rings (SSSR count). The Kier molecular flexibility index (Phi) is 5.81. The van der Waals surface area contributed by atoms with Gasteiger partial charge in [0, 0.05) is 12.0 Å². The fourth-order valence-corrected chi connectivity index (χ4v) is 2.47. The average Bonchev–Trinajstić information content (AvgIpc) is 2.76. The van der Waals surface area contributed by atoms with Gasteiger partial charge in [0.25, 0.3) is 5.91 Å². The van der Waals surface area contributed by atoms with Gasteiger partial charge in [-0.1, -0.05) is 37.5 Å². The third-order valence-electron chi connectivity index (χ3n) is 2.54. The van der Waals surface area contributed by atoms with E-state index < -0.39 is 0 Å². The van der Waals surface area contributed by atoms with Crippen molar-refractivity contribution in [3.05, 3.63) is 10.6 Å². The Labute approximate surface area is 123 Å². The number of aromatic nitrogens is 2. The molecule has 0 saturated carbocycles. The van der Waals surface area contributed by atoms with Crippen molar-refractivity contribution >= 4 is 34.6 Å². The third kappa shape index (κ3) is 5.20. The van der Waals surface area contributed by atoms with Crippen LogP contribution in [0, 0.1) is 0 Å². The van der Waals surface area contributed by atoms with Crippen LogP contribution in [0.1, 0.15) is 55.4 Å². The second kappa shape index (κ2) is 6.91. The highest BCUT2D eigenvalue weighted by atomic mass is 32.1. The number of unbranched alkanes of at least 4 members (excludes halogenated alkanes) is 1. The highest BCUT2D eigenvalue weighted by Gasteiger charge is 2.25. The van der Waals surface area contributed by atoms with E-state index in [1.54, 1.807) is 0 Å². The predicted octanol–water partition coefficient (Wildman–Crippen LogP) is 2.02. The average molecular weight is 300 g/mol. The highest BCUT2D eigenvalue weighted by molar-refractivity contribution is 7.80. The second-order valence-corrected chi connectivity index (χ2v) is 6.66. The maximum absolute atomic E-state index is 12.0. The first-order chi connectivity index (χ1) is 8.82. The number of thiocarbonyl (C=S) groups is 1. The van der Waals surface area contributed by atoms with Crippen molar-refractivity contribution in [3.63, 3.8) is 0 Å². The Bertz CT molecular complexity index is 451. The van der Waals surface area contributed by atoms with Gasteiger partial charge in [0.05, 0.1) is 10.7 Å².